The van der Waals surface area contributed by atoms with Gasteiger partial charge in [0.25, 0.3) is 0 Å². The number of aliphatic carboxylic acids is 1. The lowest BCUT2D eigenvalue weighted by molar-refractivity contribution is -0.192. The second-order valence-corrected chi connectivity index (χ2v) is 20.9. The third-order valence-electron chi connectivity index (χ3n) is 13.0. The number of anilines is 1. The Bertz CT molecular complexity index is 2300. The van der Waals surface area contributed by atoms with Crippen LogP contribution in [0.25, 0.3) is 0 Å². The lowest BCUT2D eigenvalue weighted by atomic mass is 10.0. The molecule has 0 radical (unpaired) electrons. The van der Waals surface area contributed by atoms with E-state index >= 15 is 0 Å². The van der Waals surface area contributed by atoms with E-state index in [9.17, 15) is 22.8 Å². The number of hydrogen-bond acceptors (Lipinski definition) is 27. The predicted octanol–water partition coefficient (Wildman–Crippen LogP) is 2.80. The number of carbonyl (C=O) groups excluding carboxylic acids is 2. The molecule has 0 saturated heterocycles. The second kappa shape index (κ2) is 71.8. The second-order valence-electron chi connectivity index (χ2n) is 20.9. The lowest BCUT2D eigenvalue weighted by Gasteiger charge is -2.26. The molecule has 0 saturated carbocycles. The molecule has 33 heteroatoms. The quantitative estimate of drug-likeness (QED) is 0.0633. The minimum atomic E-state index is -5.08. The van der Waals surface area contributed by atoms with Crippen molar-refractivity contribution in [1.29, 1.82) is 0 Å². The Morgan fingerprint density at radius 1 is 0.353 bits per heavy atom. The molecule has 30 nitrogen and oxygen atoms in total. The standard InChI is InChI=1S/C67H113N3O25.C2HF3O2/c68-13-15-73-17-19-75-21-23-77-25-27-79-29-31-81-33-35-83-37-39-85-41-43-87-45-47-89-49-51-91-53-55-93-57-59-95-60-58-94-56-54-92-52-50-90-48-46-88-44-42-86-40-38-84-36-34-82-32-30-80-28-26-78-24-22-76-20-18-74-16-14-69-66(71)11-12-67(72)70-61-64-7-2-1-5-62(64)9-10-63-6-3-4-8-65(63)70;3-2(4,5)1(6)7/h1-8H,11-61,68H2,(H,69,71);(H,6,7). The maximum Gasteiger partial charge on any atom is 0.490 e. The molecular weight excluding hydrogens is 1360 g/mol. The molecule has 3 rings (SSSR count). The molecule has 0 bridgehead atoms. The first-order chi connectivity index (χ1) is 50.1. The fraction of sp³-hybridized carbons (Fsp3) is 0.754. The lowest BCUT2D eigenvalue weighted by Crippen LogP contribution is -2.34. The van der Waals surface area contributed by atoms with Gasteiger partial charge in [0.05, 0.1) is 316 Å². The topological polar surface area (TPSA) is 325 Å². The van der Waals surface area contributed by atoms with Gasteiger partial charge in [-0.2, -0.15) is 13.2 Å². The van der Waals surface area contributed by atoms with E-state index < -0.39 is 12.1 Å². The van der Waals surface area contributed by atoms with Gasteiger partial charge in [0.15, 0.2) is 0 Å². The van der Waals surface area contributed by atoms with Crippen molar-refractivity contribution in [1.82, 2.24) is 5.32 Å². The predicted molar refractivity (Wildman–Crippen MR) is 364 cm³/mol. The van der Waals surface area contributed by atoms with Crippen molar-refractivity contribution in [3.63, 3.8) is 0 Å². The number of fused-ring (bicyclic) bond motifs is 2. The Labute approximate surface area is 598 Å². The number of alkyl halides is 3. The third kappa shape index (κ3) is 60.5. The molecule has 0 atom stereocenters. The zero-order valence-electron chi connectivity index (χ0n) is 59.4. The molecule has 1 aliphatic heterocycles. The maximum absolute atomic E-state index is 13.3. The minimum Gasteiger partial charge on any atom is -0.475 e. The first kappa shape index (κ1) is 93.3. The first-order valence-corrected chi connectivity index (χ1v) is 34.7. The zero-order valence-corrected chi connectivity index (χ0v) is 59.4. The summed E-state index contributed by atoms with van der Waals surface area (Å²) in [5, 5.41) is 9.95. The summed E-state index contributed by atoms with van der Waals surface area (Å²) >= 11 is 0. The Morgan fingerprint density at radius 2 is 0.578 bits per heavy atom. The fourth-order valence-corrected chi connectivity index (χ4v) is 7.94. The van der Waals surface area contributed by atoms with Crippen LogP contribution in [0.15, 0.2) is 48.5 Å². The number of nitrogens with zero attached hydrogens (tertiary/aromatic N) is 1. The van der Waals surface area contributed by atoms with E-state index in [-0.39, 0.29) is 24.7 Å². The number of benzene rings is 2. The van der Waals surface area contributed by atoms with Crippen LogP contribution in [0.1, 0.15) is 29.5 Å². The van der Waals surface area contributed by atoms with Crippen LogP contribution >= 0.6 is 0 Å². The highest BCUT2D eigenvalue weighted by molar-refractivity contribution is 5.97. The van der Waals surface area contributed by atoms with Crippen LogP contribution in [-0.2, 0) is 130 Å². The van der Waals surface area contributed by atoms with Crippen molar-refractivity contribution in [2.75, 3.05) is 322 Å². The summed E-state index contributed by atoms with van der Waals surface area (Å²) in [6.45, 7) is 23.2. The molecule has 2 aromatic rings. The zero-order chi connectivity index (χ0) is 73.2. The molecule has 102 heavy (non-hydrogen) atoms. The number of para-hydroxylation sites is 1. The third-order valence-corrected chi connectivity index (χ3v) is 13.0. The molecule has 1 heterocycles. The van der Waals surface area contributed by atoms with Crippen molar-refractivity contribution in [2.24, 2.45) is 5.73 Å². The van der Waals surface area contributed by atoms with Gasteiger partial charge in [-0.05, 0) is 23.8 Å². The molecular formula is C69H114F3N3O27. The molecule has 588 valence electrons. The van der Waals surface area contributed by atoms with E-state index in [2.05, 4.69) is 17.2 Å². The molecule has 0 aliphatic carbocycles. The molecule has 4 N–H and O–H groups in total. The summed E-state index contributed by atoms with van der Waals surface area (Å²) in [6.07, 6.45) is -4.92. The molecule has 0 unspecified atom stereocenters. The van der Waals surface area contributed by atoms with Crippen LogP contribution in [0.4, 0.5) is 18.9 Å². The van der Waals surface area contributed by atoms with Crippen molar-refractivity contribution >= 4 is 23.5 Å². The van der Waals surface area contributed by atoms with E-state index in [0.717, 1.165) is 22.4 Å². The maximum atomic E-state index is 13.3. The minimum absolute atomic E-state index is 0.0784. The summed E-state index contributed by atoms with van der Waals surface area (Å²) < 4.78 is 158. The smallest absolute Gasteiger partial charge is 0.475 e. The average Bonchev–Trinajstić information content (AvgIpc) is 0.807. The van der Waals surface area contributed by atoms with Crippen molar-refractivity contribution in [2.45, 2.75) is 25.6 Å². The van der Waals surface area contributed by atoms with Crippen LogP contribution in [0.3, 0.4) is 0 Å². The van der Waals surface area contributed by atoms with E-state index in [1.54, 1.807) is 4.90 Å². The number of ether oxygens (including phenoxy) is 23. The number of nitrogens with two attached hydrogens (primary N) is 1. The molecule has 0 spiro atoms. The van der Waals surface area contributed by atoms with Gasteiger partial charge in [0.2, 0.25) is 11.8 Å². The Morgan fingerprint density at radius 3 is 0.843 bits per heavy atom. The van der Waals surface area contributed by atoms with Crippen LogP contribution in [0.5, 0.6) is 0 Å². The molecule has 1 aliphatic rings. The van der Waals surface area contributed by atoms with Crippen LogP contribution in [0.2, 0.25) is 0 Å². The highest BCUT2D eigenvalue weighted by atomic mass is 19.4. The van der Waals surface area contributed by atoms with Gasteiger partial charge < -0.3 is 130 Å². The van der Waals surface area contributed by atoms with Gasteiger partial charge in [-0.25, -0.2) is 4.79 Å². The number of halogens is 3. The van der Waals surface area contributed by atoms with Gasteiger partial charge >= 0.3 is 12.1 Å². The van der Waals surface area contributed by atoms with Gasteiger partial charge in [-0.15, -0.1) is 0 Å². The Balaban J connectivity index is 0.00000478. The Kier molecular flexibility index (Phi) is 65.7. The summed E-state index contributed by atoms with van der Waals surface area (Å²) in [5.74, 6) is 3.31. The number of carboxylic acid groups (broad SMARTS) is 1. The highest BCUT2D eigenvalue weighted by Gasteiger charge is 2.38. The van der Waals surface area contributed by atoms with Gasteiger partial charge in [0.1, 0.15) is 0 Å². The van der Waals surface area contributed by atoms with E-state index in [4.69, 9.17) is 125 Å². The number of carbonyl (C=O) groups is 3. The van der Waals surface area contributed by atoms with Crippen molar-refractivity contribution in [3.8, 4) is 11.8 Å². The normalized spacial score (nSPS) is 11.9. The first-order valence-electron chi connectivity index (χ1n) is 34.7. The van der Waals surface area contributed by atoms with Gasteiger partial charge in [0, 0.05) is 37.1 Å². The van der Waals surface area contributed by atoms with Crippen LogP contribution < -0.4 is 16.0 Å². The molecule has 2 aromatic carbocycles. The monoisotopic (exact) mass is 1470 g/mol. The Hall–Kier alpha value is -4.76. The molecule has 0 aromatic heterocycles. The van der Waals surface area contributed by atoms with Crippen LogP contribution in [-0.4, -0.2) is 346 Å². The average molecular weight is 1470 g/mol. The van der Waals surface area contributed by atoms with Crippen molar-refractivity contribution in [3.05, 3.63) is 65.2 Å². The van der Waals surface area contributed by atoms with Gasteiger partial charge in [-0.3, -0.25) is 9.59 Å². The molecule has 2 amide bonds. The van der Waals surface area contributed by atoms with Crippen molar-refractivity contribution < 1.29 is 142 Å². The van der Waals surface area contributed by atoms with E-state index in [1.165, 1.54) is 0 Å². The summed E-state index contributed by atoms with van der Waals surface area (Å²) in [7, 11) is 0. The number of carboxylic acids is 1. The number of rotatable bonds is 74. The number of amides is 2. The fourth-order valence-electron chi connectivity index (χ4n) is 7.94. The SMILES string of the molecule is NCCOCCOCCOCCOCCOCCOCCOCCOCCOCCOCCOCCOCCOCCOCCOCCOCCOCCOCCOCCOCCOCCOCCOCCNC(=O)CCC(=O)N1Cc2ccccc2C#Cc2ccccc21.O=C(O)C(F)(F)F. The van der Waals surface area contributed by atoms with Gasteiger partial charge in [-0.1, -0.05) is 42.2 Å². The summed E-state index contributed by atoms with van der Waals surface area (Å²) in [4.78, 5) is 36.5. The summed E-state index contributed by atoms with van der Waals surface area (Å²) in [5.41, 5.74) is 8.74. The van der Waals surface area contributed by atoms with E-state index in [1.807, 2.05) is 48.5 Å². The molecule has 0 fully saturated rings. The summed E-state index contributed by atoms with van der Waals surface area (Å²) in [6, 6.07) is 15.4. The van der Waals surface area contributed by atoms with E-state index in [0.29, 0.717) is 324 Å². The largest absolute Gasteiger partial charge is 0.490 e. The number of hydrogen-bond donors (Lipinski definition) is 3. The van der Waals surface area contributed by atoms with Crippen LogP contribution in [0, 0.1) is 11.8 Å². The highest BCUT2D eigenvalue weighted by Crippen LogP contribution is 2.26. The number of nitrogens with one attached hydrogen (secondary N) is 1.